The predicted molar refractivity (Wildman–Crippen MR) is 83.8 cm³/mol. The van der Waals surface area contributed by atoms with Gasteiger partial charge in [0.1, 0.15) is 11.6 Å². The first kappa shape index (κ1) is 15.6. The Morgan fingerprint density at radius 2 is 1.95 bits per heavy atom. The summed E-state index contributed by atoms with van der Waals surface area (Å²) in [6, 6.07) is 9.54. The second-order valence-corrected chi connectivity index (χ2v) is 5.11. The van der Waals surface area contributed by atoms with Crippen molar-refractivity contribution >= 4 is 23.8 Å². The summed E-state index contributed by atoms with van der Waals surface area (Å²) in [5.74, 6) is -1.05. The maximum atomic E-state index is 13.8. The lowest BCUT2D eigenvalue weighted by Gasteiger charge is -2.32. The van der Waals surface area contributed by atoms with Crippen LogP contribution in [0, 0.1) is 11.6 Å². The van der Waals surface area contributed by atoms with Crippen LogP contribution in [0.1, 0.15) is 17.5 Å². The number of benzene rings is 2. The summed E-state index contributed by atoms with van der Waals surface area (Å²) in [7, 11) is 0. The molecule has 0 aromatic heterocycles. The molecule has 21 heavy (non-hydrogen) atoms. The summed E-state index contributed by atoms with van der Waals surface area (Å²) >= 11 is 0. The molecule has 0 amide bonds. The van der Waals surface area contributed by atoms with E-state index in [4.69, 9.17) is 5.73 Å². The molecule has 0 saturated heterocycles. The Bertz CT molecular complexity index is 646. The molecule has 1 heterocycles. The topological polar surface area (TPSA) is 29.3 Å². The standard InChI is InChI=1S/C16H16F2N2.ClH/c17-12-7-6-11(14(18)9-12)10-20-8-2-3-13-15(19)4-1-5-16(13)20;/h1,4-7,9H,2-3,8,10,19H2;1H. The lowest BCUT2D eigenvalue weighted by molar-refractivity contribution is 0.566. The highest BCUT2D eigenvalue weighted by molar-refractivity contribution is 5.85. The molecule has 5 heteroatoms. The highest BCUT2D eigenvalue weighted by Crippen LogP contribution is 2.32. The smallest absolute Gasteiger partial charge is 0.131 e. The molecular weight excluding hydrogens is 294 g/mol. The van der Waals surface area contributed by atoms with Crippen molar-refractivity contribution in [2.75, 3.05) is 17.2 Å². The van der Waals surface area contributed by atoms with E-state index in [0.717, 1.165) is 42.4 Å². The molecule has 0 bridgehead atoms. The zero-order valence-electron chi connectivity index (χ0n) is 11.5. The monoisotopic (exact) mass is 310 g/mol. The van der Waals surface area contributed by atoms with E-state index in [2.05, 4.69) is 4.90 Å². The van der Waals surface area contributed by atoms with E-state index >= 15 is 0 Å². The Kier molecular flexibility index (Phi) is 4.68. The summed E-state index contributed by atoms with van der Waals surface area (Å²) in [6.45, 7) is 1.29. The molecule has 2 N–H and O–H groups in total. The van der Waals surface area contributed by atoms with Crippen LogP contribution >= 0.6 is 12.4 Å². The molecular formula is C16H17ClF2N2. The third-order valence-electron chi connectivity index (χ3n) is 3.76. The van der Waals surface area contributed by atoms with Gasteiger partial charge in [-0.1, -0.05) is 12.1 Å². The number of nitrogens with two attached hydrogens (primary N) is 1. The van der Waals surface area contributed by atoms with Crippen LogP contribution in [0.15, 0.2) is 36.4 Å². The van der Waals surface area contributed by atoms with E-state index < -0.39 is 11.6 Å². The summed E-state index contributed by atoms with van der Waals surface area (Å²) in [5, 5.41) is 0. The van der Waals surface area contributed by atoms with Gasteiger partial charge in [0.15, 0.2) is 0 Å². The quantitative estimate of drug-likeness (QED) is 0.852. The molecule has 112 valence electrons. The highest BCUT2D eigenvalue weighted by atomic mass is 35.5. The van der Waals surface area contributed by atoms with Gasteiger partial charge in [-0.3, -0.25) is 0 Å². The van der Waals surface area contributed by atoms with Crippen LogP contribution in [0.4, 0.5) is 20.2 Å². The summed E-state index contributed by atoms with van der Waals surface area (Å²) in [4.78, 5) is 2.10. The van der Waals surface area contributed by atoms with Crippen molar-refractivity contribution in [2.24, 2.45) is 0 Å². The molecule has 0 unspecified atom stereocenters. The van der Waals surface area contributed by atoms with Gasteiger partial charge >= 0.3 is 0 Å². The number of halogens is 3. The first-order chi connectivity index (χ1) is 9.65. The molecule has 0 saturated carbocycles. The predicted octanol–water partition coefficient (Wildman–Crippen LogP) is 3.92. The second-order valence-electron chi connectivity index (χ2n) is 5.11. The fourth-order valence-corrected chi connectivity index (χ4v) is 2.75. The van der Waals surface area contributed by atoms with Crippen molar-refractivity contribution in [3.8, 4) is 0 Å². The van der Waals surface area contributed by atoms with Gasteiger partial charge in [0, 0.05) is 36.1 Å². The third-order valence-corrected chi connectivity index (χ3v) is 3.76. The van der Waals surface area contributed by atoms with Gasteiger partial charge in [-0.2, -0.15) is 0 Å². The van der Waals surface area contributed by atoms with Crippen molar-refractivity contribution < 1.29 is 8.78 Å². The molecule has 3 rings (SSSR count). The lowest BCUT2D eigenvalue weighted by atomic mass is 9.99. The molecule has 2 aromatic carbocycles. The van der Waals surface area contributed by atoms with Crippen LogP contribution in [-0.4, -0.2) is 6.54 Å². The zero-order chi connectivity index (χ0) is 14.1. The second kappa shape index (κ2) is 6.31. The minimum atomic E-state index is -0.547. The van der Waals surface area contributed by atoms with Crippen LogP contribution in [-0.2, 0) is 13.0 Å². The van der Waals surface area contributed by atoms with Crippen LogP contribution in [0.2, 0.25) is 0 Å². The van der Waals surface area contributed by atoms with E-state index in [0.29, 0.717) is 12.1 Å². The Morgan fingerprint density at radius 1 is 1.14 bits per heavy atom. The average molecular weight is 311 g/mol. The van der Waals surface area contributed by atoms with Crippen molar-refractivity contribution in [2.45, 2.75) is 19.4 Å². The number of fused-ring (bicyclic) bond motifs is 1. The van der Waals surface area contributed by atoms with E-state index in [-0.39, 0.29) is 12.4 Å². The number of rotatable bonds is 2. The van der Waals surface area contributed by atoms with Crippen molar-refractivity contribution in [1.29, 1.82) is 0 Å². The summed E-state index contributed by atoms with van der Waals surface area (Å²) in [6.07, 6.45) is 1.94. The fraction of sp³-hybridized carbons (Fsp3) is 0.250. The third kappa shape index (κ3) is 3.10. The van der Waals surface area contributed by atoms with Crippen molar-refractivity contribution in [1.82, 2.24) is 0 Å². The first-order valence-corrected chi connectivity index (χ1v) is 6.71. The van der Waals surface area contributed by atoms with E-state index in [9.17, 15) is 8.78 Å². The van der Waals surface area contributed by atoms with Crippen LogP contribution in [0.3, 0.4) is 0 Å². The number of hydrogen-bond acceptors (Lipinski definition) is 2. The minimum Gasteiger partial charge on any atom is -0.398 e. The van der Waals surface area contributed by atoms with E-state index in [1.807, 2.05) is 18.2 Å². The van der Waals surface area contributed by atoms with Crippen LogP contribution in [0.25, 0.3) is 0 Å². The Balaban J connectivity index is 0.00000161. The van der Waals surface area contributed by atoms with Gasteiger partial charge in [0.25, 0.3) is 0 Å². The number of anilines is 2. The lowest BCUT2D eigenvalue weighted by Crippen LogP contribution is -2.29. The normalized spacial score (nSPS) is 13.5. The van der Waals surface area contributed by atoms with Crippen molar-refractivity contribution in [3.63, 3.8) is 0 Å². The molecule has 1 aliphatic heterocycles. The molecule has 0 fully saturated rings. The molecule has 2 nitrogen and oxygen atoms in total. The zero-order valence-corrected chi connectivity index (χ0v) is 12.3. The number of nitrogen functional groups attached to an aromatic ring is 1. The summed E-state index contributed by atoms with van der Waals surface area (Å²) in [5.41, 5.74) is 9.46. The summed E-state index contributed by atoms with van der Waals surface area (Å²) < 4.78 is 26.7. The Hall–Kier alpha value is -1.81. The van der Waals surface area contributed by atoms with E-state index in [1.165, 1.54) is 12.1 Å². The molecule has 0 radical (unpaired) electrons. The van der Waals surface area contributed by atoms with E-state index in [1.54, 1.807) is 0 Å². The molecule has 2 aromatic rings. The minimum absolute atomic E-state index is 0. The fourth-order valence-electron chi connectivity index (χ4n) is 2.75. The number of hydrogen-bond donors (Lipinski definition) is 1. The maximum absolute atomic E-state index is 13.8. The maximum Gasteiger partial charge on any atom is 0.131 e. The first-order valence-electron chi connectivity index (χ1n) is 6.71. The largest absolute Gasteiger partial charge is 0.398 e. The highest BCUT2D eigenvalue weighted by Gasteiger charge is 2.19. The van der Waals surface area contributed by atoms with Gasteiger partial charge in [-0.25, -0.2) is 8.78 Å². The Morgan fingerprint density at radius 3 is 2.71 bits per heavy atom. The van der Waals surface area contributed by atoms with Gasteiger partial charge in [0.05, 0.1) is 0 Å². The molecule has 0 spiro atoms. The van der Waals surface area contributed by atoms with Crippen LogP contribution < -0.4 is 10.6 Å². The van der Waals surface area contributed by atoms with Gasteiger partial charge in [-0.05, 0) is 36.6 Å². The van der Waals surface area contributed by atoms with Gasteiger partial charge in [-0.15, -0.1) is 12.4 Å². The SMILES string of the molecule is Cl.Nc1cccc2c1CCCN2Cc1ccc(F)cc1F. The average Bonchev–Trinajstić information content (AvgIpc) is 2.43. The van der Waals surface area contributed by atoms with Gasteiger partial charge in [0.2, 0.25) is 0 Å². The molecule has 1 aliphatic rings. The molecule has 0 aliphatic carbocycles. The number of nitrogens with zero attached hydrogens (tertiary/aromatic N) is 1. The Labute approximate surface area is 129 Å². The van der Waals surface area contributed by atoms with Gasteiger partial charge < -0.3 is 10.6 Å². The van der Waals surface area contributed by atoms with Crippen LogP contribution in [0.5, 0.6) is 0 Å². The van der Waals surface area contributed by atoms with Crippen molar-refractivity contribution in [3.05, 3.63) is 59.2 Å². The molecule has 0 atom stereocenters.